The van der Waals surface area contributed by atoms with Gasteiger partial charge >= 0.3 is 0 Å². The van der Waals surface area contributed by atoms with Crippen LogP contribution >= 0.6 is 0 Å². The Morgan fingerprint density at radius 2 is 0.719 bits per heavy atom. The first kappa shape index (κ1) is 33.8. The van der Waals surface area contributed by atoms with Gasteiger partial charge in [0.15, 0.2) is 17.5 Å². The normalized spacial score (nSPS) is 12.3. The van der Waals surface area contributed by atoms with E-state index in [9.17, 15) is 5.26 Å². The maximum Gasteiger partial charge on any atom is 0.164 e. The molecular formula is C53H34N4. The first-order chi connectivity index (χ1) is 28.2. The molecule has 0 radical (unpaired) electrons. The number of nitriles is 1. The fraction of sp³-hybridized carbons (Fsp3) is 0.0189. The number of hydrogen-bond acceptors (Lipinski definition) is 4. The fourth-order valence-electron chi connectivity index (χ4n) is 8.37. The Bertz CT molecular complexity index is 2900. The highest BCUT2D eigenvalue weighted by Crippen LogP contribution is 2.57. The van der Waals surface area contributed by atoms with Crippen molar-refractivity contribution in [3.63, 3.8) is 0 Å². The molecule has 1 heterocycles. The van der Waals surface area contributed by atoms with Gasteiger partial charge in [0.05, 0.1) is 17.0 Å². The molecule has 1 aliphatic carbocycles. The Kier molecular flexibility index (Phi) is 8.39. The molecular weight excluding hydrogens is 693 g/mol. The molecule has 0 unspecified atom stereocenters. The van der Waals surface area contributed by atoms with Gasteiger partial charge in [0.25, 0.3) is 0 Å². The molecule has 0 fully saturated rings. The van der Waals surface area contributed by atoms with Gasteiger partial charge < -0.3 is 0 Å². The lowest BCUT2D eigenvalue weighted by Gasteiger charge is -2.34. The largest absolute Gasteiger partial charge is 0.208 e. The Labute approximate surface area is 332 Å². The lowest BCUT2D eigenvalue weighted by atomic mass is 9.67. The van der Waals surface area contributed by atoms with Crippen molar-refractivity contribution in [2.24, 2.45) is 0 Å². The molecule has 0 bridgehead atoms. The van der Waals surface area contributed by atoms with Crippen molar-refractivity contribution in [3.8, 4) is 73.6 Å². The molecule has 266 valence electrons. The van der Waals surface area contributed by atoms with Crippen LogP contribution in [0.1, 0.15) is 27.8 Å². The van der Waals surface area contributed by atoms with Crippen molar-refractivity contribution in [1.29, 1.82) is 5.26 Å². The minimum absolute atomic E-state index is 0.605. The average Bonchev–Trinajstić information content (AvgIpc) is 3.60. The minimum Gasteiger partial charge on any atom is -0.208 e. The highest BCUT2D eigenvalue weighted by atomic mass is 15.0. The summed E-state index contributed by atoms with van der Waals surface area (Å²) in [5.74, 6) is 1.84. The Morgan fingerprint density at radius 3 is 1.28 bits per heavy atom. The lowest BCUT2D eigenvalue weighted by molar-refractivity contribution is 0.769. The molecule has 4 heteroatoms. The summed E-state index contributed by atoms with van der Waals surface area (Å²) in [4.78, 5) is 15.4. The summed E-state index contributed by atoms with van der Waals surface area (Å²) in [5, 5.41) is 9.74. The number of fused-ring (bicyclic) bond motifs is 3. The van der Waals surface area contributed by atoms with E-state index in [4.69, 9.17) is 15.0 Å². The molecule has 8 aromatic carbocycles. The molecule has 0 aliphatic heterocycles. The Balaban J connectivity index is 1.19. The zero-order valence-electron chi connectivity index (χ0n) is 30.9. The third kappa shape index (κ3) is 5.90. The molecule has 1 aliphatic rings. The molecule has 0 atom stereocenters. The van der Waals surface area contributed by atoms with Crippen LogP contribution in [0.4, 0.5) is 0 Å². The van der Waals surface area contributed by atoms with Crippen LogP contribution in [0.2, 0.25) is 0 Å². The molecule has 0 saturated heterocycles. The summed E-state index contributed by atoms with van der Waals surface area (Å²) in [7, 11) is 0. The SMILES string of the molecule is N#Cc1cccc(-c2ccc3c(c2)C(c2ccccc2)(c2ccccc2)c2cc(-c4nc(-c5ccccc5)nc(-c5ccc(-c6ccccc6)cc5)n4)ccc2-3)c1. The van der Waals surface area contributed by atoms with E-state index < -0.39 is 5.41 Å². The van der Waals surface area contributed by atoms with E-state index in [0.717, 1.165) is 61.2 Å². The van der Waals surface area contributed by atoms with Crippen LogP contribution in [0.5, 0.6) is 0 Å². The van der Waals surface area contributed by atoms with Crippen molar-refractivity contribution in [3.05, 3.63) is 234 Å². The topological polar surface area (TPSA) is 62.5 Å². The quantitative estimate of drug-likeness (QED) is 0.164. The second-order valence-electron chi connectivity index (χ2n) is 14.3. The maximum absolute atomic E-state index is 9.74. The molecule has 10 rings (SSSR count). The van der Waals surface area contributed by atoms with E-state index >= 15 is 0 Å². The van der Waals surface area contributed by atoms with Crippen LogP contribution in [-0.2, 0) is 5.41 Å². The van der Waals surface area contributed by atoms with E-state index in [1.54, 1.807) is 0 Å². The number of rotatable bonds is 7. The summed E-state index contributed by atoms with van der Waals surface area (Å²) in [5.41, 5.74) is 14.1. The molecule has 0 saturated carbocycles. The second-order valence-corrected chi connectivity index (χ2v) is 14.3. The summed E-state index contributed by atoms with van der Waals surface area (Å²) in [6, 6.07) is 74.0. The van der Waals surface area contributed by atoms with Crippen LogP contribution in [0.15, 0.2) is 206 Å². The van der Waals surface area contributed by atoms with E-state index in [1.807, 2.05) is 54.6 Å². The van der Waals surface area contributed by atoms with Crippen molar-refractivity contribution >= 4 is 0 Å². The summed E-state index contributed by atoms with van der Waals surface area (Å²) >= 11 is 0. The van der Waals surface area contributed by atoms with Gasteiger partial charge in [-0.3, -0.25) is 0 Å². The molecule has 0 spiro atoms. The van der Waals surface area contributed by atoms with Gasteiger partial charge in [-0.2, -0.15) is 5.26 Å². The van der Waals surface area contributed by atoms with E-state index in [1.165, 1.54) is 11.1 Å². The molecule has 9 aromatic rings. The van der Waals surface area contributed by atoms with Gasteiger partial charge in [-0.25, -0.2) is 15.0 Å². The zero-order valence-corrected chi connectivity index (χ0v) is 30.9. The molecule has 0 amide bonds. The van der Waals surface area contributed by atoms with Crippen LogP contribution in [-0.4, -0.2) is 15.0 Å². The Morgan fingerprint density at radius 1 is 0.333 bits per heavy atom. The number of hydrogen-bond donors (Lipinski definition) is 0. The average molecular weight is 727 g/mol. The standard InChI is InChI=1S/C53H34N4/c54-35-36-14-13-19-41(32-36)42-28-30-46-47-31-29-43(34-49(47)53(48(46)33-42,44-20-9-3-10-21-44)45-22-11-4-12-23-45)52-56-50(39-17-7-2-8-18-39)55-51(57-52)40-26-24-38(25-27-40)37-15-5-1-6-16-37/h1-34H. The smallest absolute Gasteiger partial charge is 0.164 e. The third-order valence-corrected chi connectivity index (χ3v) is 11.1. The highest BCUT2D eigenvalue weighted by Gasteiger charge is 2.46. The van der Waals surface area contributed by atoms with Crippen LogP contribution in [0.3, 0.4) is 0 Å². The van der Waals surface area contributed by atoms with Crippen LogP contribution in [0.25, 0.3) is 67.5 Å². The van der Waals surface area contributed by atoms with Crippen LogP contribution in [0, 0.1) is 11.3 Å². The van der Waals surface area contributed by atoms with E-state index in [0.29, 0.717) is 23.0 Å². The van der Waals surface area contributed by atoms with Crippen molar-refractivity contribution in [2.45, 2.75) is 5.41 Å². The first-order valence-electron chi connectivity index (χ1n) is 19.1. The van der Waals surface area contributed by atoms with Gasteiger partial charge in [0, 0.05) is 16.7 Å². The highest BCUT2D eigenvalue weighted by molar-refractivity contribution is 5.90. The molecule has 1 aromatic heterocycles. The van der Waals surface area contributed by atoms with Gasteiger partial charge in [-0.15, -0.1) is 0 Å². The zero-order chi connectivity index (χ0) is 38.2. The van der Waals surface area contributed by atoms with Gasteiger partial charge in [-0.05, 0) is 79.9 Å². The monoisotopic (exact) mass is 726 g/mol. The summed E-state index contributed by atoms with van der Waals surface area (Å²) in [6.45, 7) is 0. The predicted molar refractivity (Wildman–Crippen MR) is 229 cm³/mol. The van der Waals surface area contributed by atoms with Crippen molar-refractivity contribution in [2.75, 3.05) is 0 Å². The Hall–Kier alpha value is -7.74. The van der Waals surface area contributed by atoms with Crippen molar-refractivity contribution in [1.82, 2.24) is 15.0 Å². The number of aromatic nitrogens is 3. The maximum atomic E-state index is 9.74. The van der Waals surface area contributed by atoms with Crippen molar-refractivity contribution < 1.29 is 0 Å². The first-order valence-corrected chi connectivity index (χ1v) is 19.1. The van der Waals surface area contributed by atoms with Gasteiger partial charge in [0.2, 0.25) is 0 Å². The minimum atomic E-state index is -0.655. The van der Waals surface area contributed by atoms with Gasteiger partial charge in [-0.1, -0.05) is 182 Å². The van der Waals surface area contributed by atoms with E-state index in [-0.39, 0.29) is 0 Å². The summed E-state index contributed by atoms with van der Waals surface area (Å²) < 4.78 is 0. The lowest BCUT2D eigenvalue weighted by Crippen LogP contribution is -2.28. The number of nitrogens with zero attached hydrogens (tertiary/aromatic N) is 4. The van der Waals surface area contributed by atoms with E-state index in [2.05, 4.69) is 158 Å². The summed E-state index contributed by atoms with van der Waals surface area (Å²) in [6.07, 6.45) is 0. The molecule has 0 N–H and O–H groups in total. The molecule has 57 heavy (non-hydrogen) atoms. The third-order valence-electron chi connectivity index (χ3n) is 11.1. The molecule has 4 nitrogen and oxygen atoms in total. The number of benzene rings is 8. The second kappa shape index (κ2) is 14.2. The van der Waals surface area contributed by atoms with Gasteiger partial charge in [0.1, 0.15) is 0 Å². The van der Waals surface area contributed by atoms with Crippen LogP contribution < -0.4 is 0 Å². The fourth-order valence-corrected chi connectivity index (χ4v) is 8.37. The predicted octanol–water partition coefficient (Wildman–Crippen LogP) is 12.4.